The van der Waals surface area contributed by atoms with E-state index in [1.165, 1.54) is 11.1 Å². The summed E-state index contributed by atoms with van der Waals surface area (Å²) in [6, 6.07) is 6.31. The van der Waals surface area contributed by atoms with Gasteiger partial charge in [0.25, 0.3) is 0 Å². The van der Waals surface area contributed by atoms with E-state index in [9.17, 15) is 0 Å². The minimum absolute atomic E-state index is 0.526. The summed E-state index contributed by atoms with van der Waals surface area (Å²) >= 11 is 0. The monoisotopic (exact) mass is 217 g/mol. The van der Waals surface area contributed by atoms with Gasteiger partial charge in [-0.3, -0.25) is 0 Å². The second kappa shape index (κ2) is 6.11. The molecule has 0 bridgehead atoms. The molecule has 0 aromatic heterocycles. The summed E-state index contributed by atoms with van der Waals surface area (Å²) in [5.41, 5.74) is 4.60. The highest BCUT2D eigenvalue weighted by Crippen LogP contribution is 2.10. The van der Waals surface area contributed by atoms with Crippen LogP contribution in [0.4, 0.5) is 0 Å². The van der Waals surface area contributed by atoms with E-state index in [0.29, 0.717) is 6.61 Å². The van der Waals surface area contributed by atoms with Crippen LogP contribution in [0.2, 0.25) is 0 Å². The van der Waals surface area contributed by atoms with Crippen LogP contribution in [0.15, 0.2) is 35.5 Å². The molecule has 0 radical (unpaired) electrons. The van der Waals surface area contributed by atoms with Gasteiger partial charge in [-0.1, -0.05) is 23.4 Å². The van der Waals surface area contributed by atoms with Crippen LogP contribution in [-0.2, 0) is 4.84 Å². The molecule has 16 heavy (non-hydrogen) atoms. The van der Waals surface area contributed by atoms with E-state index in [0.717, 1.165) is 11.3 Å². The zero-order chi connectivity index (χ0) is 12.0. The maximum Gasteiger partial charge on any atom is 0.135 e. The lowest BCUT2D eigenvalue weighted by molar-refractivity contribution is 0.174. The van der Waals surface area contributed by atoms with Crippen molar-refractivity contribution in [3.63, 3.8) is 0 Å². The number of oxime groups is 1. The van der Waals surface area contributed by atoms with Crippen molar-refractivity contribution in [3.8, 4) is 0 Å². The Morgan fingerprint density at radius 3 is 2.69 bits per heavy atom. The Morgan fingerprint density at radius 2 is 2.06 bits per heavy atom. The molecule has 2 heteroatoms. The average Bonchev–Trinajstić information content (AvgIpc) is 2.28. The predicted molar refractivity (Wildman–Crippen MR) is 68.9 cm³/mol. The standard InChI is InChI=1S/C14H19NO/c1-5-6-9-16-15-13(4)14-8-7-11(2)12(3)10-14/h5-8,10H,9H2,1-4H3/b6-5+,15-13+. The Balaban J connectivity index is 2.72. The van der Waals surface area contributed by atoms with Gasteiger partial charge >= 0.3 is 0 Å². The van der Waals surface area contributed by atoms with Gasteiger partial charge in [-0.2, -0.15) is 0 Å². The number of allylic oxidation sites excluding steroid dienone is 1. The molecular weight excluding hydrogens is 198 g/mol. The van der Waals surface area contributed by atoms with Gasteiger partial charge in [0, 0.05) is 0 Å². The number of aryl methyl sites for hydroxylation is 2. The SMILES string of the molecule is C/C=C/CO/N=C(\C)c1ccc(C)c(C)c1. The van der Waals surface area contributed by atoms with Gasteiger partial charge in [0.2, 0.25) is 0 Å². The third-order valence-corrected chi connectivity index (χ3v) is 2.53. The van der Waals surface area contributed by atoms with Gasteiger partial charge < -0.3 is 4.84 Å². The Labute approximate surface area is 97.6 Å². The molecule has 1 rings (SSSR count). The molecule has 0 unspecified atom stereocenters. The zero-order valence-corrected chi connectivity index (χ0v) is 10.4. The summed E-state index contributed by atoms with van der Waals surface area (Å²) in [7, 11) is 0. The van der Waals surface area contributed by atoms with Crippen LogP contribution in [0.1, 0.15) is 30.5 Å². The van der Waals surface area contributed by atoms with Crippen LogP contribution in [-0.4, -0.2) is 12.3 Å². The second-order valence-electron chi connectivity index (χ2n) is 3.84. The number of benzene rings is 1. The number of hydrogen-bond donors (Lipinski definition) is 0. The van der Waals surface area contributed by atoms with E-state index in [2.05, 4.69) is 37.2 Å². The largest absolute Gasteiger partial charge is 0.391 e. The first kappa shape index (κ1) is 12.5. The first-order valence-corrected chi connectivity index (χ1v) is 5.50. The normalized spacial score (nSPS) is 12.1. The molecule has 0 aliphatic heterocycles. The fraction of sp³-hybridized carbons (Fsp3) is 0.357. The summed E-state index contributed by atoms with van der Waals surface area (Å²) in [6.07, 6.45) is 3.87. The summed E-state index contributed by atoms with van der Waals surface area (Å²) in [6.45, 7) is 8.66. The highest BCUT2D eigenvalue weighted by Gasteiger charge is 1.99. The zero-order valence-electron chi connectivity index (χ0n) is 10.4. The van der Waals surface area contributed by atoms with Gasteiger partial charge in [0.15, 0.2) is 0 Å². The Kier molecular flexibility index (Phi) is 4.77. The third kappa shape index (κ3) is 3.54. The van der Waals surface area contributed by atoms with Gasteiger partial charge in [-0.05, 0) is 56.5 Å². The molecule has 0 saturated heterocycles. The van der Waals surface area contributed by atoms with E-state index in [4.69, 9.17) is 4.84 Å². The first-order chi connectivity index (χ1) is 7.65. The summed E-state index contributed by atoms with van der Waals surface area (Å²) in [4.78, 5) is 5.16. The van der Waals surface area contributed by atoms with E-state index in [1.54, 1.807) is 0 Å². The van der Waals surface area contributed by atoms with E-state index < -0.39 is 0 Å². The molecule has 0 aliphatic carbocycles. The lowest BCUT2D eigenvalue weighted by Gasteiger charge is -2.04. The molecule has 86 valence electrons. The minimum atomic E-state index is 0.526. The fourth-order valence-corrected chi connectivity index (χ4v) is 1.29. The topological polar surface area (TPSA) is 21.6 Å². The molecule has 0 aliphatic rings. The van der Waals surface area contributed by atoms with Crippen LogP contribution >= 0.6 is 0 Å². The fourth-order valence-electron chi connectivity index (χ4n) is 1.29. The minimum Gasteiger partial charge on any atom is -0.391 e. The van der Waals surface area contributed by atoms with Crippen LogP contribution in [0.25, 0.3) is 0 Å². The van der Waals surface area contributed by atoms with Crippen molar-refractivity contribution in [2.75, 3.05) is 6.61 Å². The molecule has 0 fully saturated rings. The Morgan fingerprint density at radius 1 is 1.31 bits per heavy atom. The quantitative estimate of drug-likeness (QED) is 0.327. The smallest absolute Gasteiger partial charge is 0.135 e. The van der Waals surface area contributed by atoms with Gasteiger partial charge in [-0.25, -0.2) is 0 Å². The molecule has 2 nitrogen and oxygen atoms in total. The van der Waals surface area contributed by atoms with Crippen molar-refractivity contribution in [2.45, 2.75) is 27.7 Å². The van der Waals surface area contributed by atoms with Crippen LogP contribution < -0.4 is 0 Å². The van der Waals surface area contributed by atoms with Crippen LogP contribution in [0, 0.1) is 13.8 Å². The van der Waals surface area contributed by atoms with Crippen molar-refractivity contribution < 1.29 is 4.84 Å². The molecule has 1 aromatic carbocycles. The molecule has 1 aromatic rings. The first-order valence-electron chi connectivity index (χ1n) is 5.50. The van der Waals surface area contributed by atoms with Crippen LogP contribution in [0.3, 0.4) is 0 Å². The molecular formula is C14H19NO. The summed E-state index contributed by atoms with van der Waals surface area (Å²) < 4.78 is 0. The van der Waals surface area contributed by atoms with Crippen molar-refractivity contribution in [1.82, 2.24) is 0 Å². The maximum atomic E-state index is 5.16. The van der Waals surface area contributed by atoms with Crippen molar-refractivity contribution >= 4 is 5.71 Å². The van der Waals surface area contributed by atoms with Crippen LogP contribution in [0.5, 0.6) is 0 Å². The van der Waals surface area contributed by atoms with E-state index >= 15 is 0 Å². The second-order valence-corrected chi connectivity index (χ2v) is 3.84. The van der Waals surface area contributed by atoms with E-state index in [1.807, 2.05) is 26.0 Å². The van der Waals surface area contributed by atoms with Gasteiger partial charge in [0.1, 0.15) is 6.61 Å². The van der Waals surface area contributed by atoms with Crippen molar-refractivity contribution in [2.24, 2.45) is 5.16 Å². The Hall–Kier alpha value is -1.57. The Bertz CT molecular complexity index is 405. The molecule has 0 saturated carbocycles. The maximum absolute atomic E-state index is 5.16. The lowest BCUT2D eigenvalue weighted by atomic mass is 10.0. The average molecular weight is 217 g/mol. The number of hydrogen-bond acceptors (Lipinski definition) is 2. The predicted octanol–water partition coefficient (Wildman–Crippen LogP) is 3.62. The molecule has 0 atom stereocenters. The molecule has 0 heterocycles. The number of rotatable bonds is 4. The van der Waals surface area contributed by atoms with Gasteiger partial charge in [0.05, 0.1) is 5.71 Å². The summed E-state index contributed by atoms with van der Waals surface area (Å²) in [5.74, 6) is 0. The molecule has 0 spiro atoms. The third-order valence-electron chi connectivity index (χ3n) is 2.53. The molecule has 0 N–H and O–H groups in total. The summed E-state index contributed by atoms with van der Waals surface area (Å²) in [5, 5.41) is 4.07. The molecule has 0 amide bonds. The lowest BCUT2D eigenvalue weighted by Crippen LogP contribution is -1.98. The van der Waals surface area contributed by atoms with Crippen molar-refractivity contribution in [3.05, 3.63) is 47.0 Å². The number of nitrogens with zero attached hydrogens (tertiary/aromatic N) is 1. The highest BCUT2D eigenvalue weighted by atomic mass is 16.6. The van der Waals surface area contributed by atoms with E-state index in [-0.39, 0.29) is 0 Å². The highest BCUT2D eigenvalue weighted by molar-refractivity contribution is 5.98. The van der Waals surface area contributed by atoms with Crippen molar-refractivity contribution in [1.29, 1.82) is 0 Å². The van der Waals surface area contributed by atoms with Gasteiger partial charge in [-0.15, -0.1) is 0 Å².